The van der Waals surface area contributed by atoms with Crippen molar-refractivity contribution in [3.05, 3.63) is 34.9 Å². The summed E-state index contributed by atoms with van der Waals surface area (Å²) in [4.78, 5) is 0. The van der Waals surface area contributed by atoms with Crippen LogP contribution in [-0.4, -0.2) is 0 Å². The predicted molar refractivity (Wildman–Crippen MR) is 61.8 cm³/mol. The highest BCUT2D eigenvalue weighted by molar-refractivity contribution is 6.30. The van der Waals surface area contributed by atoms with E-state index in [1.807, 2.05) is 12.1 Å². The lowest BCUT2D eigenvalue weighted by Gasteiger charge is -2.31. The van der Waals surface area contributed by atoms with Crippen molar-refractivity contribution < 1.29 is 0 Å². The molecule has 0 bridgehead atoms. The molecule has 76 valence electrons. The maximum absolute atomic E-state index is 5.90. The summed E-state index contributed by atoms with van der Waals surface area (Å²) in [6, 6.07) is 8.37. The molecule has 0 aromatic heterocycles. The van der Waals surface area contributed by atoms with Crippen LogP contribution in [0.3, 0.4) is 0 Å². The van der Waals surface area contributed by atoms with Crippen molar-refractivity contribution in [3.8, 4) is 0 Å². The lowest BCUT2D eigenvalue weighted by molar-refractivity contribution is 0.299. The third kappa shape index (κ3) is 1.46. The van der Waals surface area contributed by atoms with Gasteiger partial charge in [0.2, 0.25) is 0 Å². The molecule has 0 atom stereocenters. The highest BCUT2D eigenvalue weighted by Crippen LogP contribution is 2.59. The Kier molecular flexibility index (Phi) is 2.15. The highest BCUT2D eigenvalue weighted by atomic mass is 35.5. The SMILES string of the molecule is CC(C)(C)C1(c2ccc(Cl)cc2)CC1. The minimum Gasteiger partial charge on any atom is -0.0843 e. The van der Waals surface area contributed by atoms with E-state index in [0.29, 0.717) is 10.8 Å². The van der Waals surface area contributed by atoms with Gasteiger partial charge in [0.05, 0.1) is 0 Å². The van der Waals surface area contributed by atoms with Gasteiger partial charge in [-0.3, -0.25) is 0 Å². The monoisotopic (exact) mass is 208 g/mol. The Morgan fingerprint density at radius 2 is 1.57 bits per heavy atom. The fraction of sp³-hybridized carbons (Fsp3) is 0.538. The van der Waals surface area contributed by atoms with Crippen molar-refractivity contribution >= 4 is 11.6 Å². The van der Waals surface area contributed by atoms with E-state index < -0.39 is 0 Å². The number of hydrogen-bond acceptors (Lipinski definition) is 0. The molecule has 1 saturated carbocycles. The van der Waals surface area contributed by atoms with Crippen LogP contribution in [0.15, 0.2) is 24.3 Å². The molecular formula is C13H17Cl. The van der Waals surface area contributed by atoms with E-state index in [9.17, 15) is 0 Å². The Bertz CT molecular complexity index is 325. The van der Waals surface area contributed by atoms with Crippen molar-refractivity contribution in [1.29, 1.82) is 0 Å². The van der Waals surface area contributed by atoms with Gasteiger partial charge in [-0.25, -0.2) is 0 Å². The van der Waals surface area contributed by atoms with E-state index >= 15 is 0 Å². The fourth-order valence-corrected chi connectivity index (χ4v) is 2.49. The molecule has 1 heteroatoms. The first-order valence-corrected chi connectivity index (χ1v) is 5.60. The molecular weight excluding hydrogens is 192 g/mol. The molecule has 1 aliphatic carbocycles. The van der Waals surface area contributed by atoms with E-state index in [1.165, 1.54) is 18.4 Å². The summed E-state index contributed by atoms with van der Waals surface area (Å²) >= 11 is 5.90. The second-order valence-corrected chi connectivity index (χ2v) is 5.78. The molecule has 2 rings (SSSR count). The van der Waals surface area contributed by atoms with Crippen LogP contribution >= 0.6 is 11.6 Å². The molecule has 0 spiro atoms. The van der Waals surface area contributed by atoms with Gasteiger partial charge in [0, 0.05) is 10.4 Å². The third-order valence-electron chi connectivity index (χ3n) is 3.58. The minimum atomic E-state index is 0.362. The lowest BCUT2D eigenvalue weighted by Crippen LogP contribution is -2.25. The normalized spacial score (nSPS) is 19.4. The van der Waals surface area contributed by atoms with Gasteiger partial charge < -0.3 is 0 Å². The quantitative estimate of drug-likeness (QED) is 0.641. The Balaban J connectivity index is 2.36. The van der Waals surface area contributed by atoms with Gasteiger partial charge in [-0.1, -0.05) is 44.5 Å². The van der Waals surface area contributed by atoms with Gasteiger partial charge in [0.25, 0.3) is 0 Å². The largest absolute Gasteiger partial charge is 0.0843 e. The molecule has 0 saturated heterocycles. The maximum atomic E-state index is 5.90. The first-order valence-electron chi connectivity index (χ1n) is 5.22. The number of rotatable bonds is 1. The Morgan fingerprint density at radius 3 is 1.93 bits per heavy atom. The van der Waals surface area contributed by atoms with E-state index in [2.05, 4.69) is 32.9 Å². The molecule has 14 heavy (non-hydrogen) atoms. The summed E-state index contributed by atoms with van der Waals surface area (Å²) in [6.07, 6.45) is 2.64. The zero-order valence-electron chi connectivity index (χ0n) is 9.10. The summed E-state index contributed by atoms with van der Waals surface area (Å²) in [7, 11) is 0. The first kappa shape index (κ1) is 10.0. The third-order valence-corrected chi connectivity index (χ3v) is 3.83. The Labute approximate surface area is 91.3 Å². The molecule has 0 heterocycles. The number of halogens is 1. The summed E-state index contributed by atoms with van der Waals surface area (Å²) in [5.41, 5.74) is 2.23. The van der Waals surface area contributed by atoms with Crippen molar-refractivity contribution in [2.75, 3.05) is 0 Å². The van der Waals surface area contributed by atoms with Gasteiger partial charge >= 0.3 is 0 Å². The number of hydrogen-bond donors (Lipinski definition) is 0. The average molecular weight is 209 g/mol. The number of benzene rings is 1. The summed E-state index contributed by atoms with van der Waals surface area (Å²) in [5.74, 6) is 0. The molecule has 0 aliphatic heterocycles. The van der Waals surface area contributed by atoms with Crippen LogP contribution in [0.4, 0.5) is 0 Å². The Morgan fingerprint density at radius 1 is 1.07 bits per heavy atom. The predicted octanol–water partition coefficient (Wildman–Crippen LogP) is 4.42. The topological polar surface area (TPSA) is 0 Å². The molecule has 1 aliphatic rings. The second-order valence-electron chi connectivity index (χ2n) is 5.34. The van der Waals surface area contributed by atoms with Crippen molar-refractivity contribution in [1.82, 2.24) is 0 Å². The smallest absolute Gasteiger partial charge is 0.0406 e. The van der Waals surface area contributed by atoms with Crippen LogP contribution in [0.2, 0.25) is 5.02 Å². The van der Waals surface area contributed by atoms with Gasteiger partial charge in [0.1, 0.15) is 0 Å². The molecule has 0 nitrogen and oxygen atoms in total. The van der Waals surface area contributed by atoms with Gasteiger partial charge in [-0.15, -0.1) is 0 Å². The van der Waals surface area contributed by atoms with Crippen LogP contribution in [0.25, 0.3) is 0 Å². The van der Waals surface area contributed by atoms with E-state index in [1.54, 1.807) is 0 Å². The Hall–Kier alpha value is -0.490. The second kappa shape index (κ2) is 3.00. The van der Waals surface area contributed by atoms with Crippen LogP contribution in [-0.2, 0) is 5.41 Å². The minimum absolute atomic E-state index is 0.362. The maximum Gasteiger partial charge on any atom is 0.0406 e. The average Bonchev–Trinajstić information content (AvgIpc) is 2.84. The lowest BCUT2D eigenvalue weighted by atomic mass is 9.73. The molecule has 0 amide bonds. The van der Waals surface area contributed by atoms with Crippen molar-refractivity contribution in [2.24, 2.45) is 5.41 Å². The van der Waals surface area contributed by atoms with Crippen LogP contribution < -0.4 is 0 Å². The van der Waals surface area contributed by atoms with Crippen molar-refractivity contribution in [2.45, 2.75) is 39.0 Å². The first-order chi connectivity index (χ1) is 6.46. The summed E-state index contributed by atoms with van der Waals surface area (Å²) < 4.78 is 0. The zero-order valence-corrected chi connectivity index (χ0v) is 9.86. The summed E-state index contributed by atoms with van der Waals surface area (Å²) in [5, 5.41) is 0.832. The molecule has 1 aromatic rings. The molecule has 0 unspecified atom stereocenters. The molecule has 0 N–H and O–H groups in total. The molecule has 1 aromatic carbocycles. The standard InChI is InChI=1S/C13H17Cl/c1-12(2,3)13(8-9-13)10-4-6-11(14)7-5-10/h4-7H,8-9H2,1-3H3. The zero-order chi connectivity index (χ0) is 10.4. The van der Waals surface area contributed by atoms with Crippen LogP contribution in [0, 0.1) is 5.41 Å². The van der Waals surface area contributed by atoms with E-state index in [4.69, 9.17) is 11.6 Å². The van der Waals surface area contributed by atoms with Gasteiger partial charge in [-0.2, -0.15) is 0 Å². The fourth-order valence-electron chi connectivity index (χ4n) is 2.37. The van der Waals surface area contributed by atoms with Gasteiger partial charge in [-0.05, 0) is 36.0 Å². The van der Waals surface area contributed by atoms with Crippen molar-refractivity contribution in [3.63, 3.8) is 0 Å². The van der Waals surface area contributed by atoms with E-state index in [-0.39, 0.29) is 0 Å². The van der Waals surface area contributed by atoms with Gasteiger partial charge in [0.15, 0.2) is 0 Å². The molecule has 0 radical (unpaired) electrons. The summed E-state index contributed by atoms with van der Waals surface area (Å²) in [6.45, 7) is 6.98. The van der Waals surface area contributed by atoms with Crippen LogP contribution in [0.5, 0.6) is 0 Å². The van der Waals surface area contributed by atoms with E-state index in [0.717, 1.165) is 5.02 Å². The molecule has 1 fully saturated rings. The highest BCUT2D eigenvalue weighted by Gasteiger charge is 2.52. The van der Waals surface area contributed by atoms with Crippen LogP contribution in [0.1, 0.15) is 39.2 Å².